The normalized spacial score (nSPS) is 20.9. The molecule has 1 aliphatic rings. The standard InChI is InChI=1S/C8H12N2O4/c1-4-6(10-8(9)12)5(3-14-4)7(11)13-2/h4H,3H2,1-2H3,(H3,9,10,12)/t4-/m0/s1. The van der Waals surface area contributed by atoms with Gasteiger partial charge in [0.1, 0.15) is 0 Å². The van der Waals surface area contributed by atoms with E-state index in [2.05, 4.69) is 10.1 Å². The van der Waals surface area contributed by atoms with Gasteiger partial charge in [0.25, 0.3) is 0 Å². The van der Waals surface area contributed by atoms with Crippen molar-refractivity contribution in [3.05, 3.63) is 11.3 Å². The average molecular weight is 200 g/mol. The van der Waals surface area contributed by atoms with E-state index in [1.54, 1.807) is 6.92 Å². The first-order valence-corrected chi connectivity index (χ1v) is 4.05. The van der Waals surface area contributed by atoms with Crippen LogP contribution >= 0.6 is 0 Å². The summed E-state index contributed by atoms with van der Waals surface area (Å²) >= 11 is 0. The Morgan fingerprint density at radius 3 is 2.79 bits per heavy atom. The third kappa shape index (κ3) is 2.02. The molecule has 0 fully saturated rings. The number of hydrogen-bond donors (Lipinski definition) is 2. The van der Waals surface area contributed by atoms with Crippen molar-refractivity contribution >= 4 is 12.0 Å². The van der Waals surface area contributed by atoms with Crippen molar-refractivity contribution in [1.29, 1.82) is 0 Å². The molecule has 78 valence electrons. The first-order valence-electron chi connectivity index (χ1n) is 4.05. The quantitative estimate of drug-likeness (QED) is 0.588. The Bertz CT molecular complexity index is 298. The van der Waals surface area contributed by atoms with Crippen LogP contribution in [0.3, 0.4) is 0 Å². The van der Waals surface area contributed by atoms with Crippen molar-refractivity contribution in [2.75, 3.05) is 13.7 Å². The van der Waals surface area contributed by atoms with Gasteiger partial charge in [0.2, 0.25) is 0 Å². The molecule has 0 spiro atoms. The van der Waals surface area contributed by atoms with E-state index in [0.717, 1.165) is 0 Å². The molecule has 14 heavy (non-hydrogen) atoms. The lowest BCUT2D eigenvalue weighted by Crippen LogP contribution is -2.33. The van der Waals surface area contributed by atoms with E-state index in [-0.39, 0.29) is 12.7 Å². The molecule has 0 radical (unpaired) electrons. The summed E-state index contributed by atoms with van der Waals surface area (Å²) in [4.78, 5) is 21.8. The molecule has 3 N–H and O–H groups in total. The molecule has 0 bridgehead atoms. The van der Waals surface area contributed by atoms with E-state index in [0.29, 0.717) is 11.3 Å². The average Bonchev–Trinajstić information content (AvgIpc) is 2.46. The Kier molecular flexibility index (Phi) is 3.08. The number of carbonyl (C=O) groups excluding carboxylic acids is 2. The van der Waals surface area contributed by atoms with Gasteiger partial charge < -0.3 is 20.5 Å². The minimum Gasteiger partial charge on any atom is -0.466 e. The summed E-state index contributed by atoms with van der Waals surface area (Å²) < 4.78 is 9.68. The van der Waals surface area contributed by atoms with Crippen LogP contribution < -0.4 is 11.1 Å². The Morgan fingerprint density at radius 2 is 2.29 bits per heavy atom. The highest BCUT2D eigenvalue weighted by Gasteiger charge is 2.28. The first kappa shape index (κ1) is 10.5. The Hall–Kier alpha value is -1.56. The van der Waals surface area contributed by atoms with Gasteiger partial charge in [0.05, 0.1) is 31.1 Å². The molecule has 1 atom stereocenters. The molecular weight excluding hydrogens is 188 g/mol. The number of esters is 1. The zero-order chi connectivity index (χ0) is 10.7. The van der Waals surface area contributed by atoms with Crippen LogP contribution in [0.25, 0.3) is 0 Å². The molecule has 1 rings (SSSR count). The third-order valence-electron chi connectivity index (χ3n) is 1.90. The molecule has 6 nitrogen and oxygen atoms in total. The fraction of sp³-hybridized carbons (Fsp3) is 0.500. The first-order chi connectivity index (χ1) is 6.56. The van der Waals surface area contributed by atoms with Gasteiger partial charge in [-0.25, -0.2) is 9.59 Å². The molecule has 0 aromatic carbocycles. The van der Waals surface area contributed by atoms with E-state index < -0.39 is 12.0 Å². The number of methoxy groups -OCH3 is 1. The van der Waals surface area contributed by atoms with Gasteiger partial charge >= 0.3 is 12.0 Å². The maximum absolute atomic E-state index is 11.2. The highest BCUT2D eigenvalue weighted by molar-refractivity contribution is 5.91. The maximum atomic E-state index is 11.2. The topological polar surface area (TPSA) is 90.6 Å². The molecule has 0 saturated carbocycles. The van der Waals surface area contributed by atoms with Crippen LogP contribution in [0.15, 0.2) is 11.3 Å². The minimum atomic E-state index is -0.723. The minimum absolute atomic E-state index is 0.128. The zero-order valence-corrected chi connectivity index (χ0v) is 7.99. The summed E-state index contributed by atoms with van der Waals surface area (Å²) in [6.07, 6.45) is -0.350. The molecule has 1 heterocycles. The van der Waals surface area contributed by atoms with E-state index in [9.17, 15) is 9.59 Å². The monoisotopic (exact) mass is 200 g/mol. The number of carbonyl (C=O) groups is 2. The van der Waals surface area contributed by atoms with Crippen molar-refractivity contribution in [2.24, 2.45) is 5.73 Å². The highest BCUT2D eigenvalue weighted by Crippen LogP contribution is 2.19. The van der Waals surface area contributed by atoms with Crippen molar-refractivity contribution in [1.82, 2.24) is 5.32 Å². The lowest BCUT2D eigenvalue weighted by molar-refractivity contribution is -0.136. The predicted molar refractivity (Wildman–Crippen MR) is 47.2 cm³/mol. The number of ether oxygens (including phenoxy) is 2. The van der Waals surface area contributed by atoms with Gasteiger partial charge in [-0.2, -0.15) is 0 Å². The summed E-state index contributed by atoms with van der Waals surface area (Å²) in [6, 6.07) is -0.723. The van der Waals surface area contributed by atoms with Crippen LogP contribution in [0, 0.1) is 0 Å². The second-order valence-corrected chi connectivity index (χ2v) is 2.83. The second-order valence-electron chi connectivity index (χ2n) is 2.83. The van der Waals surface area contributed by atoms with Gasteiger partial charge in [0.15, 0.2) is 0 Å². The van der Waals surface area contributed by atoms with Gasteiger partial charge in [-0.15, -0.1) is 0 Å². The van der Waals surface area contributed by atoms with Gasteiger partial charge in [-0.05, 0) is 6.92 Å². The lowest BCUT2D eigenvalue weighted by Gasteiger charge is -2.08. The van der Waals surface area contributed by atoms with Crippen LogP contribution in [0.2, 0.25) is 0 Å². The highest BCUT2D eigenvalue weighted by atomic mass is 16.5. The van der Waals surface area contributed by atoms with Crippen molar-refractivity contribution in [3.8, 4) is 0 Å². The van der Waals surface area contributed by atoms with Crippen LogP contribution in [-0.4, -0.2) is 31.8 Å². The molecule has 1 aliphatic heterocycles. The summed E-state index contributed by atoms with van der Waals surface area (Å²) in [7, 11) is 1.26. The third-order valence-corrected chi connectivity index (χ3v) is 1.90. The van der Waals surface area contributed by atoms with Crippen molar-refractivity contribution in [3.63, 3.8) is 0 Å². The second kappa shape index (κ2) is 4.10. The van der Waals surface area contributed by atoms with Crippen molar-refractivity contribution < 1.29 is 19.1 Å². The fourth-order valence-corrected chi connectivity index (χ4v) is 1.22. The van der Waals surface area contributed by atoms with Gasteiger partial charge in [0, 0.05) is 0 Å². The lowest BCUT2D eigenvalue weighted by atomic mass is 10.2. The number of hydrogen-bond acceptors (Lipinski definition) is 4. The Balaban J connectivity index is 2.90. The van der Waals surface area contributed by atoms with E-state index in [4.69, 9.17) is 10.5 Å². The zero-order valence-electron chi connectivity index (χ0n) is 7.99. The summed E-state index contributed by atoms with van der Waals surface area (Å²) in [5, 5.41) is 2.35. The molecule has 2 amide bonds. The summed E-state index contributed by atoms with van der Waals surface area (Å²) in [6.45, 7) is 1.84. The van der Waals surface area contributed by atoms with Crippen LogP contribution in [0.4, 0.5) is 4.79 Å². The molecule has 0 unspecified atom stereocenters. The fourth-order valence-electron chi connectivity index (χ4n) is 1.22. The summed E-state index contributed by atoms with van der Waals surface area (Å²) in [5.41, 5.74) is 5.63. The Labute approximate surface area is 81.0 Å². The number of urea groups is 1. The molecule has 6 heteroatoms. The smallest absolute Gasteiger partial charge is 0.337 e. The Morgan fingerprint density at radius 1 is 1.64 bits per heavy atom. The number of rotatable bonds is 2. The van der Waals surface area contributed by atoms with E-state index >= 15 is 0 Å². The molecular formula is C8H12N2O4. The molecule has 0 aromatic rings. The predicted octanol–water partition coefficient (Wildman–Crippen LogP) is -0.500. The number of amides is 2. The van der Waals surface area contributed by atoms with Crippen molar-refractivity contribution in [2.45, 2.75) is 13.0 Å². The maximum Gasteiger partial charge on any atom is 0.337 e. The summed E-state index contributed by atoms with van der Waals surface area (Å²) in [5.74, 6) is -0.516. The van der Waals surface area contributed by atoms with Crippen LogP contribution in [0.1, 0.15) is 6.92 Å². The van der Waals surface area contributed by atoms with Crippen LogP contribution in [-0.2, 0) is 14.3 Å². The van der Waals surface area contributed by atoms with E-state index in [1.807, 2.05) is 0 Å². The molecule has 0 aliphatic carbocycles. The number of primary amides is 1. The SMILES string of the molecule is COC(=O)C1=C(NC(N)=O)[C@H](C)OC1. The number of nitrogens with one attached hydrogen (secondary N) is 1. The van der Waals surface area contributed by atoms with Gasteiger partial charge in [-0.3, -0.25) is 0 Å². The largest absolute Gasteiger partial charge is 0.466 e. The van der Waals surface area contributed by atoms with E-state index in [1.165, 1.54) is 7.11 Å². The van der Waals surface area contributed by atoms with Gasteiger partial charge in [-0.1, -0.05) is 0 Å². The number of nitrogens with two attached hydrogens (primary N) is 1. The molecule has 0 aromatic heterocycles. The molecule has 0 saturated heterocycles. The van der Waals surface area contributed by atoms with Crippen LogP contribution in [0.5, 0.6) is 0 Å².